The fourth-order valence-corrected chi connectivity index (χ4v) is 5.77. The lowest BCUT2D eigenvalue weighted by atomic mass is 10.1. The second-order valence-corrected chi connectivity index (χ2v) is 9.94. The number of carbonyl (C=O) groups excluding carboxylic acids is 1. The number of pyridine rings is 1. The van der Waals surface area contributed by atoms with E-state index in [4.69, 9.17) is 9.72 Å². The fraction of sp³-hybridized carbons (Fsp3) is 0.423. The third-order valence-electron chi connectivity index (χ3n) is 6.60. The van der Waals surface area contributed by atoms with E-state index < -0.39 is 0 Å². The summed E-state index contributed by atoms with van der Waals surface area (Å²) in [5, 5.41) is 1.01. The molecule has 172 valence electrons. The normalized spacial score (nSPS) is 18.3. The Morgan fingerprint density at radius 2 is 1.97 bits per heavy atom. The highest BCUT2D eigenvalue weighted by molar-refractivity contribution is 7.15. The number of hydrogen-bond donors (Lipinski definition) is 0. The monoisotopic (exact) mass is 462 g/mol. The number of amides is 1. The van der Waals surface area contributed by atoms with Gasteiger partial charge in [0.05, 0.1) is 18.8 Å². The van der Waals surface area contributed by atoms with Gasteiger partial charge < -0.3 is 14.5 Å². The number of ether oxygens (including phenoxy) is 1. The standard InChI is InChI=1S/C26H30N4O2S/c1-19-4-2-14-29(19)15-3-17-32-22-7-5-20(6-8-22)25-28-23-11-16-30(18-24(23)33-25)26(31)21-9-12-27-13-10-21/h5-10,12-13,19H,2-4,11,14-18H2,1H3. The van der Waals surface area contributed by atoms with E-state index >= 15 is 0 Å². The number of rotatable bonds is 7. The Balaban J connectivity index is 1.16. The Morgan fingerprint density at radius 1 is 1.15 bits per heavy atom. The molecule has 0 radical (unpaired) electrons. The minimum absolute atomic E-state index is 0.0543. The Morgan fingerprint density at radius 3 is 2.73 bits per heavy atom. The highest BCUT2D eigenvalue weighted by Gasteiger charge is 2.25. The first-order chi connectivity index (χ1) is 16.2. The van der Waals surface area contributed by atoms with Crippen molar-refractivity contribution in [3.05, 3.63) is 64.9 Å². The number of nitrogens with zero attached hydrogens (tertiary/aromatic N) is 4. The largest absolute Gasteiger partial charge is 0.494 e. The summed E-state index contributed by atoms with van der Waals surface area (Å²) in [6.07, 6.45) is 7.81. The van der Waals surface area contributed by atoms with Crippen molar-refractivity contribution in [1.82, 2.24) is 19.8 Å². The maximum absolute atomic E-state index is 12.8. The molecular weight excluding hydrogens is 432 g/mol. The Hall–Kier alpha value is -2.77. The molecule has 5 rings (SSSR count). The summed E-state index contributed by atoms with van der Waals surface area (Å²) in [5.74, 6) is 0.961. The minimum Gasteiger partial charge on any atom is -0.494 e. The third kappa shape index (κ3) is 5.09. The van der Waals surface area contributed by atoms with Crippen LogP contribution in [0.3, 0.4) is 0 Å². The molecule has 1 atom stereocenters. The van der Waals surface area contributed by atoms with Crippen molar-refractivity contribution in [2.24, 2.45) is 0 Å². The van der Waals surface area contributed by atoms with Crippen molar-refractivity contribution >= 4 is 17.2 Å². The smallest absolute Gasteiger partial charge is 0.254 e. The second-order valence-electron chi connectivity index (χ2n) is 8.86. The van der Waals surface area contributed by atoms with Crippen molar-refractivity contribution in [2.75, 3.05) is 26.2 Å². The molecule has 2 aliphatic heterocycles. The van der Waals surface area contributed by atoms with Gasteiger partial charge in [-0.05, 0) is 69.1 Å². The molecule has 3 aromatic rings. The maximum Gasteiger partial charge on any atom is 0.254 e. The summed E-state index contributed by atoms with van der Waals surface area (Å²) in [5.41, 5.74) is 2.90. The molecule has 1 amide bonds. The lowest BCUT2D eigenvalue weighted by molar-refractivity contribution is 0.0736. The van der Waals surface area contributed by atoms with Crippen LogP contribution in [0.15, 0.2) is 48.8 Å². The zero-order valence-electron chi connectivity index (χ0n) is 19.1. The number of benzene rings is 1. The van der Waals surface area contributed by atoms with Gasteiger partial charge in [0.25, 0.3) is 5.91 Å². The molecule has 1 unspecified atom stereocenters. The Labute approximate surface area is 199 Å². The fourth-order valence-electron chi connectivity index (χ4n) is 4.65. The molecule has 2 aliphatic rings. The van der Waals surface area contributed by atoms with Gasteiger partial charge in [-0.15, -0.1) is 11.3 Å². The number of fused-ring (bicyclic) bond motifs is 1. The summed E-state index contributed by atoms with van der Waals surface area (Å²) in [7, 11) is 0. The summed E-state index contributed by atoms with van der Waals surface area (Å²) in [6, 6.07) is 12.5. The van der Waals surface area contributed by atoms with Crippen LogP contribution in [-0.2, 0) is 13.0 Å². The average Bonchev–Trinajstić information content (AvgIpc) is 3.47. The molecule has 0 bridgehead atoms. The van der Waals surface area contributed by atoms with Gasteiger partial charge >= 0.3 is 0 Å². The van der Waals surface area contributed by atoms with Crippen LogP contribution in [-0.4, -0.2) is 58.0 Å². The molecule has 1 aromatic carbocycles. The van der Waals surface area contributed by atoms with Gasteiger partial charge in [-0.1, -0.05) is 0 Å². The quantitative estimate of drug-likeness (QED) is 0.478. The molecule has 4 heterocycles. The SMILES string of the molecule is CC1CCCN1CCCOc1ccc(-c2nc3c(s2)CN(C(=O)c2ccncc2)CC3)cc1. The van der Waals surface area contributed by atoms with Gasteiger partial charge in [-0.2, -0.15) is 0 Å². The van der Waals surface area contributed by atoms with Gasteiger partial charge in [-0.3, -0.25) is 9.78 Å². The molecule has 0 saturated carbocycles. The molecule has 0 N–H and O–H groups in total. The van der Waals surface area contributed by atoms with E-state index in [0.717, 1.165) is 48.0 Å². The number of aromatic nitrogens is 2. The highest BCUT2D eigenvalue weighted by Crippen LogP contribution is 2.33. The van der Waals surface area contributed by atoms with E-state index in [0.29, 0.717) is 24.7 Å². The number of hydrogen-bond acceptors (Lipinski definition) is 6. The zero-order chi connectivity index (χ0) is 22.6. The van der Waals surface area contributed by atoms with Gasteiger partial charge in [0.2, 0.25) is 0 Å². The lowest BCUT2D eigenvalue weighted by Crippen LogP contribution is -2.35. The van der Waals surface area contributed by atoms with E-state index in [-0.39, 0.29) is 5.91 Å². The summed E-state index contributed by atoms with van der Waals surface area (Å²) in [4.78, 5) is 27.3. The predicted molar refractivity (Wildman–Crippen MR) is 131 cm³/mol. The lowest BCUT2D eigenvalue weighted by Gasteiger charge is -2.26. The van der Waals surface area contributed by atoms with Crippen molar-refractivity contribution in [3.63, 3.8) is 0 Å². The number of likely N-dealkylation sites (tertiary alicyclic amines) is 1. The molecule has 6 nitrogen and oxygen atoms in total. The first-order valence-corrected chi connectivity index (χ1v) is 12.6. The van der Waals surface area contributed by atoms with Crippen LogP contribution in [0.4, 0.5) is 0 Å². The van der Waals surface area contributed by atoms with Crippen molar-refractivity contribution in [2.45, 2.75) is 45.2 Å². The van der Waals surface area contributed by atoms with E-state index in [2.05, 4.69) is 28.9 Å². The molecule has 33 heavy (non-hydrogen) atoms. The van der Waals surface area contributed by atoms with Gasteiger partial charge in [0, 0.05) is 53.9 Å². The van der Waals surface area contributed by atoms with E-state index in [1.54, 1.807) is 35.9 Å². The van der Waals surface area contributed by atoms with Crippen LogP contribution in [0, 0.1) is 0 Å². The van der Waals surface area contributed by atoms with Crippen molar-refractivity contribution < 1.29 is 9.53 Å². The Kier molecular flexibility index (Phi) is 6.69. The van der Waals surface area contributed by atoms with Crippen LogP contribution in [0.25, 0.3) is 10.6 Å². The molecule has 2 aromatic heterocycles. The maximum atomic E-state index is 12.8. The van der Waals surface area contributed by atoms with Crippen LogP contribution < -0.4 is 4.74 Å². The minimum atomic E-state index is 0.0543. The summed E-state index contributed by atoms with van der Waals surface area (Å²) >= 11 is 1.68. The van der Waals surface area contributed by atoms with Crippen LogP contribution in [0.2, 0.25) is 0 Å². The first kappa shape index (κ1) is 22.0. The predicted octanol–water partition coefficient (Wildman–Crippen LogP) is 4.66. The topological polar surface area (TPSA) is 58.6 Å². The molecule has 7 heteroatoms. The van der Waals surface area contributed by atoms with Gasteiger partial charge in [-0.25, -0.2) is 4.98 Å². The average molecular weight is 463 g/mol. The second kappa shape index (κ2) is 10.0. The molecule has 0 spiro atoms. The summed E-state index contributed by atoms with van der Waals surface area (Å²) in [6.45, 7) is 6.72. The molecule has 0 aliphatic carbocycles. The first-order valence-electron chi connectivity index (χ1n) is 11.8. The van der Waals surface area contributed by atoms with Crippen molar-refractivity contribution in [3.8, 4) is 16.3 Å². The third-order valence-corrected chi connectivity index (χ3v) is 7.73. The van der Waals surface area contributed by atoms with Gasteiger partial charge in [0.15, 0.2) is 0 Å². The van der Waals surface area contributed by atoms with Crippen molar-refractivity contribution in [1.29, 1.82) is 0 Å². The number of carbonyl (C=O) groups is 1. The van der Waals surface area contributed by atoms with Crippen LogP contribution >= 0.6 is 11.3 Å². The van der Waals surface area contributed by atoms with E-state index in [9.17, 15) is 4.79 Å². The van der Waals surface area contributed by atoms with E-state index in [1.807, 2.05) is 17.0 Å². The molecular formula is C26H30N4O2S. The molecule has 1 fully saturated rings. The Bertz CT molecular complexity index is 1080. The van der Waals surface area contributed by atoms with Crippen LogP contribution in [0.5, 0.6) is 5.75 Å². The highest BCUT2D eigenvalue weighted by atomic mass is 32.1. The van der Waals surface area contributed by atoms with E-state index in [1.165, 1.54) is 24.3 Å². The van der Waals surface area contributed by atoms with Gasteiger partial charge in [0.1, 0.15) is 10.8 Å². The molecule has 1 saturated heterocycles. The number of thiazole rings is 1. The summed E-state index contributed by atoms with van der Waals surface area (Å²) < 4.78 is 5.96. The zero-order valence-corrected chi connectivity index (χ0v) is 19.9. The van der Waals surface area contributed by atoms with Crippen LogP contribution in [0.1, 0.15) is 47.1 Å².